The molecule has 3 rings (SSSR count). The zero-order valence-corrected chi connectivity index (χ0v) is 11.4. The number of rotatable bonds is 3. The summed E-state index contributed by atoms with van der Waals surface area (Å²) in [4.78, 5) is 24.4. The van der Waals surface area contributed by atoms with Crippen LogP contribution in [0, 0.1) is 6.92 Å². The van der Waals surface area contributed by atoms with Gasteiger partial charge in [0.05, 0.1) is 17.4 Å². The molecule has 21 heavy (non-hydrogen) atoms. The predicted octanol–water partition coefficient (Wildman–Crippen LogP) is 2.22. The third kappa shape index (κ3) is 2.79. The van der Waals surface area contributed by atoms with E-state index in [1.54, 1.807) is 36.8 Å². The van der Waals surface area contributed by atoms with Gasteiger partial charge >= 0.3 is 0 Å². The van der Waals surface area contributed by atoms with Crippen molar-refractivity contribution in [2.75, 3.05) is 5.32 Å². The molecular weight excluding hydrogens is 266 g/mol. The standard InChI is InChI=1S/C15H13N5O/c1-11-17-7-8-20(11)14-5-4-13(10-18-14)19-15(21)12-3-2-6-16-9-12/h2-10H,1H3,(H,19,21). The lowest BCUT2D eigenvalue weighted by molar-refractivity contribution is 0.102. The molecule has 0 radical (unpaired) electrons. The zero-order valence-electron chi connectivity index (χ0n) is 11.4. The fourth-order valence-corrected chi connectivity index (χ4v) is 1.92. The van der Waals surface area contributed by atoms with Crippen molar-refractivity contribution >= 4 is 11.6 Å². The molecular formula is C15H13N5O. The lowest BCUT2D eigenvalue weighted by atomic mass is 10.2. The van der Waals surface area contributed by atoms with Crippen LogP contribution in [0.15, 0.2) is 55.2 Å². The number of pyridine rings is 2. The van der Waals surface area contributed by atoms with Crippen LogP contribution in [0.3, 0.4) is 0 Å². The lowest BCUT2D eigenvalue weighted by Gasteiger charge is -2.07. The molecule has 3 aromatic rings. The van der Waals surface area contributed by atoms with Crippen LogP contribution < -0.4 is 5.32 Å². The normalized spacial score (nSPS) is 10.3. The number of nitrogens with zero attached hydrogens (tertiary/aromatic N) is 4. The number of amides is 1. The van der Waals surface area contributed by atoms with Crippen molar-refractivity contribution in [2.24, 2.45) is 0 Å². The average molecular weight is 279 g/mol. The molecule has 0 aromatic carbocycles. The van der Waals surface area contributed by atoms with E-state index >= 15 is 0 Å². The van der Waals surface area contributed by atoms with E-state index in [2.05, 4.69) is 20.3 Å². The Hall–Kier alpha value is -3.02. The summed E-state index contributed by atoms with van der Waals surface area (Å²) in [6, 6.07) is 7.06. The van der Waals surface area contributed by atoms with Gasteiger partial charge < -0.3 is 5.32 Å². The molecule has 0 aliphatic carbocycles. The summed E-state index contributed by atoms with van der Waals surface area (Å²) in [6.45, 7) is 1.90. The Morgan fingerprint density at radius 2 is 2.05 bits per heavy atom. The number of carbonyl (C=O) groups is 1. The Bertz CT molecular complexity index is 749. The maximum atomic E-state index is 12.0. The van der Waals surface area contributed by atoms with Gasteiger partial charge in [0.25, 0.3) is 5.91 Å². The maximum Gasteiger partial charge on any atom is 0.257 e. The Kier molecular flexibility index (Phi) is 3.42. The maximum absolute atomic E-state index is 12.0. The summed E-state index contributed by atoms with van der Waals surface area (Å²) >= 11 is 0. The van der Waals surface area contributed by atoms with E-state index in [1.807, 2.05) is 23.8 Å². The first-order valence-corrected chi connectivity index (χ1v) is 6.42. The van der Waals surface area contributed by atoms with Crippen molar-refractivity contribution in [1.82, 2.24) is 19.5 Å². The summed E-state index contributed by atoms with van der Waals surface area (Å²) in [6.07, 6.45) is 8.32. The lowest BCUT2D eigenvalue weighted by Crippen LogP contribution is -2.12. The fourth-order valence-electron chi connectivity index (χ4n) is 1.92. The highest BCUT2D eigenvalue weighted by Gasteiger charge is 2.07. The Labute approximate surface area is 121 Å². The van der Waals surface area contributed by atoms with Crippen LogP contribution in [0.5, 0.6) is 0 Å². The molecule has 0 fully saturated rings. The molecule has 0 saturated heterocycles. The quantitative estimate of drug-likeness (QED) is 0.798. The second-order valence-corrected chi connectivity index (χ2v) is 4.45. The van der Waals surface area contributed by atoms with Crippen molar-refractivity contribution in [3.05, 3.63) is 66.6 Å². The third-order valence-corrected chi connectivity index (χ3v) is 3.00. The summed E-state index contributed by atoms with van der Waals surface area (Å²) in [5.74, 6) is 1.40. The van der Waals surface area contributed by atoms with Crippen molar-refractivity contribution in [2.45, 2.75) is 6.92 Å². The van der Waals surface area contributed by atoms with E-state index in [4.69, 9.17) is 0 Å². The van der Waals surface area contributed by atoms with Gasteiger partial charge in [0, 0.05) is 24.8 Å². The second-order valence-electron chi connectivity index (χ2n) is 4.45. The molecule has 0 unspecified atom stereocenters. The van der Waals surface area contributed by atoms with E-state index in [0.717, 1.165) is 11.6 Å². The molecule has 6 heteroatoms. The van der Waals surface area contributed by atoms with Gasteiger partial charge in [0.1, 0.15) is 11.6 Å². The number of nitrogens with one attached hydrogen (secondary N) is 1. The smallest absolute Gasteiger partial charge is 0.257 e. The van der Waals surface area contributed by atoms with Crippen LogP contribution in [0.25, 0.3) is 5.82 Å². The van der Waals surface area contributed by atoms with Crippen molar-refractivity contribution in [3.8, 4) is 5.82 Å². The number of hydrogen-bond donors (Lipinski definition) is 1. The van der Waals surface area contributed by atoms with Crippen LogP contribution in [-0.4, -0.2) is 25.4 Å². The summed E-state index contributed by atoms with van der Waals surface area (Å²) in [7, 11) is 0. The molecule has 0 aliphatic rings. The van der Waals surface area contributed by atoms with E-state index in [9.17, 15) is 4.79 Å². The molecule has 1 N–H and O–H groups in total. The third-order valence-electron chi connectivity index (χ3n) is 3.00. The highest BCUT2D eigenvalue weighted by Crippen LogP contribution is 2.12. The van der Waals surface area contributed by atoms with Crippen LogP contribution in [0.1, 0.15) is 16.2 Å². The Balaban J connectivity index is 1.76. The van der Waals surface area contributed by atoms with Crippen LogP contribution in [0.2, 0.25) is 0 Å². The van der Waals surface area contributed by atoms with E-state index < -0.39 is 0 Å². The van der Waals surface area contributed by atoms with Gasteiger partial charge in [-0.05, 0) is 31.2 Å². The second kappa shape index (κ2) is 5.54. The first kappa shape index (κ1) is 13.0. The van der Waals surface area contributed by atoms with Crippen LogP contribution >= 0.6 is 0 Å². The molecule has 3 aromatic heterocycles. The minimum atomic E-state index is -0.212. The van der Waals surface area contributed by atoms with Gasteiger partial charge in [-0.3, -0.25) is 14.3 Å². The van der Waals surface area contributed by atoms with E-state index in [-0.39, 0.29) is 5.91 Å². The molecule has 0 spiro atoms. The van der Waals surface area contributed by atoms with Gasteiger partial charge in [-0.15, -0.1) is 0 Å². The first-order valence-electron chi connectivity index (χ1n) is 6.42. The molecule has 0 bridgehead atoms. The Morgan fingerprint density at radius 3 is 2.67 bits per heavy atom. The Morgan fingerprint density at radius 1 is 1.14 bits per heavy atom. The fraction of sp³-hybridized carbons (Fsp3) is 0.0667. The van der Waals surface area contributed by atoms with Crippen LogP contribution in [0.4, 0.5) is 5.69 Å². The highest BCUT2D eigenvalue weighted by atomic mass is 16.1. The summed E-state index contributed by atoms with van der Waals surface area (Å²) in [5.41, 5.74) is 1.14. The van der Waals surface area contributed by atoms with Crippen molar-refractivity contribution in [1.29, 1.82) is 0 Å². The molecule has 3 heterocycles. The molecule has 0 aliphatic heterocycles. The number of anilines is 1. The van der Waals surface area contributed by atoms with Gasteiger partial charge in [-0.1, -0.05) is 0 Å². The monoisotopic (exact) mass is 279 g/mol. The first-order chi connectivity index (χ1) is 10.2. The number of carbonyl (C=O) groups excluding carboxylic acids is 1. The van der Waals surface area contributed by atoms with Gasteiger partial charge in [-0.2, -0.15) is 0 Å². The molecule has 0 saturated carbocycles. The summed E-state index contributed by atoms with van der Waals surface area (Å²) in [5, 5.41) is 2.78. The SMILES string of the molecule is Cc1nccn1-c1ccc(NC(=O)c2cccnc2)cn1. The highest BCUT2D eigenvalue weighted by molar-refractivity contribution is 6.03. The van der Waals surface area contributed by atoms with E-state index in [0.29, 0.717) is 11.3 Å². The van der Waals surface area contributed by atoms with Gasteiger partial charge in [0.15, 0.2) is 0 Å². The molecule has 104 valence electrons. The zero-order chi connectivity index (χ0) is 14.7. The number of hydrogen-bond acceptors (Lipinski definition) is 4. The van der Waals surface area contributed by atoms with Crippen LogP contribution in [-0.2, 0) is 0 Å². The molecule has 6 nitrogen and oxygen atoms in total. The van der Waals surface area contributed by atoms with E-state index in [1.165, 1.54) is 6.20 Å². The minimum Gasteiger partial charge on any atom is -0.321 e. The molecule has 1 amide bonds. The average Bonchev–Trinajstić information content (AvgIpc) is 2.95. The predicted molar refractivity (Wildman–Crippen MR) is 78.3 cm³/mol. The molecule has 0 atom stereocenters. The van der Waals surface area contributed by atoms with Crippen molar-refractivity contribution < 1.29 is 4.79 Å². The van der Waals surface area contributed by atoms with Crippen molar-refractivity contribution in [3.63, 3.8) is 0 Å². The van der Waals surface area contributed by atoms with Gasteiger partial charge in [-0.25, -0.2) is 9.97 Å². The topological polar surface area (TPSA) is 72.7 Å². The minimum absolute atomic E-state index is 0.212. The summed E-state index contributed by atoms with van der Waals surface area (Å²) < 4.78 is 1.87. The number of imidazole rings is 1. The largest absolute Gasteiger partial charge is 0.321 e. The van der Waals surface area contributed by atoms with Gasteiger partial charge in [0.2, 0.25) is 0 Å². The number of aromatic nitrogens is 4. The number of aryl methyl sites for hydroxylation is 1.